The molecular weight excluding hydrogens is 326 g/mol. The van der Waals surface area contributed by atoms with E-state index in [1.165, 1.54) is 6.07 Å². The molecule has 0 N–H and O–H groups in total. The predicted octanol–water partition coefficient (Wildman–Crippen LogP) is 3.86. The van der Waals surface area contributed by atoms with E-state index < -0.39 is 12.1 Å². The minimum Gasteiger partial charge on any atom is -0.449 e. The van der Waals surface area contributed by atoms with E-state index in [0.29, 0.717) is 10.6 Å². The molecule has 1 aliphatic rings. The van der Waals surface area contributed by atoms with Crippen molar-refractivity contribution in [3.05, 3.63) is 64.7 Å². The molecule has 0 spiro atoms. The van der Waals surface area contributed by atoms with Crippen LogP contribution in [-0.2, 0) is 16.0 Å². The Kier molecular flexibility index (Phi) is 4.58. The van der Waals surface area contributed by atoms with Crippen molar-refractivity contribution in [3.63, 3.8) is 0 Å². The number of fused-ring (bicyclic) bond motifs is 1. The molecule has 0 aromatic heterocycles. The third-order valence-electron chi connectivity index (χ3n) is 4.14. The lowest BCUT2D eigenvalue weighted by molar-refractivity contribution is -0.126. The Morgan fingerprint density at radius 2 is 1.96 bits per heavy atom. The van der Waals surface area contributed by atoms with Crippen LogP contribution >= 0.6 is 11.6 Å². The number of rotatable bonds is 3. The summed E-state index contributed by atoms with van der Waals surface area (Å²) >= 11 is 5.88. The zero-order valence-electron chi connectivity index (χ0n) is 13.5. The van der Waals surface area contributed by atoms with Gasteiger partial charge in [0.25, 0.3) is 5.91 Å². The van der Waals surface area contributed by atoms with Crippen molar-refractivity contribution in [1.82, 2.24) is 0 Å². The SMILES string of the molecule is C[C@@H](OC(=O)c1cccc(Cl)c1)C(=O)N1c2ccccc2C[C@@H]1C. The van der Waals surface area contributed by atoms with Crippen molar-refractivity contribution < 1.29 is 14.3 Å². The molecule has 1 amide bonds. The maximum atomic E-state index is 12.8. The second-order valence-corrected chi connectivity index (χ2v) is 6.38. The van der Waals surface area contributed by atoms with Gasteiger partial charge in [0.1, 0.15) is 0 Å². The highest BCUT2D eigenvalue weighted by Gasteiger charge is 2.34. The number of carbonyl (C=O) groups excluding carboxylic acids is 2. The molecule has 2 aromatic rings. The molecule has 0 bridgehead atoms. The Bertz CT molecular complexity index is 790. The number of halogens is 1. The smallest absolute Gasteiger partial charge is 0.338 e. The summed E-state index contributed by atoms with van der Waals surface area (Å²) in [6.07, 6.45) is -0.0678. The molecule has 4 nitrogen and oxygen atoms in total. The average molecular weight is 344 g/mol. The molecule has 0 saturated carbocycles. The molecule has 0 aliphatic carbocycles. The van der Waals surface area contributed by atoms with Gasteiger partial charge in [-0.25, -0.2) is 4.79 Å². The first-order valence-electron chi connectivity index (χ1n) is 7.85. The Hall–Kier alpha value is -2.33. The molecule has 0 unspecified atom stereocenters. The van der Waals surface area contributed by atoms with Crippen LogP contribution in [0.3, 0.4) is 0 Å². The van der Waals surface area contributed by atoms with E-state index >= 15 is 0 Å². The minimum absolute atomic E-state index is 0.0437. The van der Waals surface area contributed by atoms with Crippen molar-refractivity contribution in [2.45, 2.75) is 32.4 Å². The third kappa shape index (κ3) is 3.15. The van der Waals surface area contributed by atoms with Crippen LogP contribution < -0.4 is 4.90 Å². The molecule has 0 saturated heterocycles. The normalized spacial score (nSPS) is 17.3. The van der Waals surface area contributed by atoms with Gasteiger partial charge in [-0.3, -0.25) is 4.79 Å². The molecule has 3 rings (SSSR count). The topological polar surface area (TPSA) is 46.6 Å². The van der Waals surface area contributed by atoms with Crippen LogP contribution in [0.2, 0.25) is 5.02 Å². The van der Waals surface area contributed by atoms with E-state index in [1.54, 1.807) is 30.0 Å². The van der Waals surface area contributed by atoms with Gasteiger partial charge in [0.05, 0.1) is 5.56 Å². The fourth-order valence-corrected chi connectivity index (χ4v) is 3.18. The first-order valence-corrected chi connectivity index (χ1v) is 8.22. The summed E-state index contributed by atoms with van der Waals surface area (Å²) in [6, 6.07) is 14.3. The first-order chi connectivity index (χ1) is 11.5. The van der Waals surface area contributed by atoms with Crippen LogP contribution in [-0.4, -0.2) is 24.0 Å². The Balaban J connectivity index is 1.75. The Labute approximate surface area is 146 Å². The molecular formula is C19H18ClNO3. The van der Waals surface area contributed by atoms with Crippen molar-refractivity contribution >= 4 is 29.2 Å². The molecule has 0 radical (unpaired) electrons. The number of carbonyl (C=O) groups is 2. The monoisotopic (exact) mass is 343 g/mol. The average Bonchev–Trinajstić information content (AvgIpc) is 2.89. The van der Waals surface area contributed by atoms with Crippen molar-refractivity contribution in [2.24, 2.45) is 0 Å². The molecule has 5 heteroatoms. The highest BCUT2D eigenvalue weighted by Crippen LogP contribution is 2.32. The number of hydrogen-bond acceptors (Lipinski definition) is 3. The summed E-state index contributed by atoms with van der Waals surface area (Å²) in [7, 11) is 0. The summed E-state index contributed by atoms with van der Waals surface area (Å²) in [5.41, 5.74) is 2.35. The van der Waals surface area contributed by atoms with Gasteiger partial charge in [0.15, 0.2) is 6.10 Å². The summed E-state index contributed by atoms with van der Waals surface area (Å²) in [5, 5.41) is 0.450. The maximum absolute atomic E-state index is 12.8. The van der Waals surface area contributed by atoms with E-state index in [0.717, 1.165) is 17.7 Å². The number of benzene rings is 2. The lowest BCUT2D eigenvalue weighted by Gasteiger charge is -2.25. The summed E-state index contributed by atoms with van der Waals surface area (Å²) in [6.45, 7) is 3.59. The zero-order chi connectivity index (χ0) is 17.3. The fraction of sp³-hybridized carbons (Fsp3) is 0.263. The fourth-order valence-electron chi connectivity index (χ4n) is 2.99. The standard InChI is InChI=1S/C19H18ClNO3/c1-12-10-14-6-3-4-9-17(14)21(12)18(22)13(2)24-19(23)15-7-5-8-16(20)11-15/h3-9,11-13H,10H2,1-2H3/t12-,13+/m0/s1. The second-order valence-electron chi connectivity index (χ2n) is 5.95. The molecule has 124 valence electrons. The molecule has 2 aromatic carbocycles. The highest BCUT2D eigenvalue weighted by atomic mass is 35.5. The molecule has 1 heterocycles. The number of nitrogens with zero attached hydrogens (tertiary/aromatic N) is 1. The van der Waals surface area contributed by atoms with Gasteiger partial charge in [-0.2, -0.15) is 0 Å². The van der Waals surface area contributed by atoms with Gasteiger partial charge in [-0.15, -0.1) is 0 Å². The molecule has 24 heavy (non-hydrogen) atoms. The molecule has 0 fully saturated rings. The number of anilines is 1. The lowest BCUT2D eigenvalue weighted by atomic mass is 10.1. The van der Waals surface area contributed by atoms with Crippen LogP contribution in [0.5, 0.6) is 0 Å². The van der Waals surface area contributed by atoms with Crippen LogP contribution in [0.25, 0.3) is 0 Å². The van der Waals surface area contributed by atoms with Crippen molar-refractivity contribution in [3.8, 4) is 0 Å². The third-order valence-corrected chi connectivity index (χ3v) is 4.37. The van der Waals surface area contributed by atoms with E-state index in [-0.39, 0.29) is 11.9 Å². The Morgan fingerprint density at radius 1 is 1.21 bits per heavy atom. The largest absolute Gasteiger partial charge is 0.449 e. The summed E-state index contributed by atoms with van der Waals surface area (Å²) < 4.78 is 5.34. The molecule has 2 atom stereocenters. The number of ether oxygens (including phenoxy) is 1. The van der Waals surface area contributed by atoms with Gasteiger partial charge < -0.3 is 9.64 Å². The van der Waals surface area contributed by atoms with Gasteiger partial charge in [-0.05, 0) is 50.1 Å². The van der Waals surface area contributed by atoms with Crippen LogP contribution in [0.15, 0.2) is 48.5 Å². The van der Waals surface area contributed by atoms with Crippen LogP contribution in [0.1, 0.15) is 29.8 Å². The van der Waals surface area contributed by atoms with Crippen LogP contribution in [0.4, 0.5) is 5.69 Å². The van der Waals surface area contributed by atoms with E-state index in [9.17, 15) is 9.59 Å². The quantitative estimate of drug-likeness (QED) is 0.795. The van der Waals surface area contributed by atoms with E-state index in [2.05, 4.69) is 0 Å². The second kappa shape index (κ2) is 6.65. The van der Waals surface area contributed by atoms with E-state index in [4.69, 9.17) is 16.3 Å². The van der Waals surface area contributed by atoms with Crippen molar-refractivity contribution in [2.75, 3.05) is 4.90 Å². The summed E-state index contributed by atoms with van der Waals surface area (Å²) in [5.74, 6) is -0.777. The molecule has 1 aliphatic heterocycles. The number of hydrogen-bond donors (Lipinski definition) is 0. The summed E-state index contributed by atoms with van der Waals surface area (Å²) in [4.78, 5) is 26.7. The maximum Gasteiger partial charge on any atom is 0.338 e. The Morgan fingerprint density at radius 3 is 2.71 bits per heavy atom. The number of para-hydroxylation sites is 1. The highest BCUT2D eigenvalue weighted by molar-refractivity contribution is 6.30. The van der Waals surface area contributed by atoms with Gasteiger partial charge >= 0.3 is 5.97 Å². The van der Waals surface area contributed by atoms with E-state index in [1.807, 2.05) is 31.2 Å². The lowest BCUT2D eigenvalue weighted by Crippen LogP contribution is -2.43. The number of esters is 1. The zero-order valence-corrected chi connectivity index (χ0v) is 14.3. The number of amides is 1. The van der Waals surface area contributed by atoms with Gasteiger partial charge in [0.2, 0.25) is 0 Å². The van der Waals surface area contributed by atoms with Crippen LogP contribution in [0, 0.1) is 0 Å². The van der Waals surface area contributed by atoms with Crippen molar-refractivity contribution in [1.29, 1.82) is 0 Å². The predicted molar refractivity (Wildman–Crippen MR) is 93.4 cm³/mol. The first kappa shape index (κ1) is 16.5. The van der Waals surface area contributed by atoms with Gasteiger partial charge in [-0.1, -0.05) is 35.9 Å². The van der Waals surface area contributed by atoms with Gasteiger partial charge in [0, 0.05) is 16.8 Å². The minimum atomic E-state index is -0.870.